The van der Waals surface area contributed by atoms with Gasteiger partial charge in [-0.1, -0.05) is 60.7 Å². The molecule has 35 heavy (non-hydrogen) atoms. The SMILES string of the molecule is O=C1NC2(CCOc3ccccc32)C(=O)N1CC(=O)N1c2ccccc2OCC1c1ccccc1. The molecule has 3 aliphatic heterocycles. The highest BCUT2D eigenvalue weighted by Crippen LogP contribution is 2.42. The number of urea groups is 1. The van der Waals surface area contributed by atoms with Crippen molar-refractivity contribution in [2.45, 2.75) is 18.0 Å². The second-order valence-electron chi connectivity index (χ2n) is 8.79. The second kappa shape index (κ2) is 8.16. The highest BCUT2D eigenvalue weighted by atomic mass is 16.5. The molecular formula is C27H23N3O5. The number of benzene rings is 3. The lowest BCUT2D eigenvalue weighted by molar-refractivity contribution is -0.135. The van der Waals surface area contributed by atoms with Gasteiger partial charge in [-0.05, 0) is 23.8 Å². The van der Waals surface area contributed by atoms with Gasteiger partial charge in [-0.15, -0.1) is 0 Å². The van der Waals surface area contributed by atoms with Crippen molar-refractivity contribution in [3.8, 4) is 11.5 Å². The van der Waals surface area contributed by atoms with Gasteiger partial charge in [0, 0.05) is 12.0 Å². The number of carbonyl (C=O) groups is 3. The topological polar surface area (TPSA) is 88.2 Å². The summed E-state index contributed by atoms with van der Waals surface area (Å²) in [7, 11) is 0. The molecule has 3 heterocycles. The predicted molar refractivity (Wildman–Crippen MR) is 127 cm³/mol. The molecule has 3 aliphatic rings. The van der Waals surface area contributed by atoms with E-state index >= 15 is 0 Å². The lowest BCUT2D eigenvalue weighted by atomic mass is 9.84. The van der Waals surface area contributed by atoms with Crippen LogP contribution in [0.25, 0.3) is 0 Å². The number of hydrogen-bond acceptors (Lipinski definition) is 5. The van der Waals surface area contributed by atoms with Gasteiger partial charge in [-0.3, -0.25) is 19.4 Å². The van der Waals surface area contributed by atoms with Crippen LogP contribution in [-0.4, -0.2) is 42.5 Å². The molecule has 3 aromatic rings. The second-order valence-corrected chi connectivity index (χ2v) is 8.79. The van der Waals surface area contributed by atoms with Crippen LogP contribution in [0.3, 0.4) is 0 Å². The Morgan fingerprint density at radius 3 is 2.46 bits per heavy atom. The van der Waals surface area contributed by atoms with Crippen LogP contribution in [-0.2, 0) is 15.1 Å². The maximum atomic E-state index is 13.8. The molecule has 2 atom stereocenters. The smallest absolute Gasteiger partial charge is 0.325 e. The number of anilines is 1. The standard InChI is InChI=1S/C27H23N3O5/c31-24(30-20-11-5-7-13-23(20)35-17-21(30)18-8-2-1-3-9-18)16-29-25(32)27(28-26(29)33)14-15-34-22-12-6-4-10-19(22)27/h1-13,21H,14-17H2,(H,28,33). The van der Waals surface area contributed by atoms with E-state index in [1.54, 1.807) is 29.2 Å². The lowest BCUT2D eigenvalue weighted by Gasteiger charge is -2.38. The van der Waals surface area contributed by atoms with E-state index in [4.69, 9.17) is 9.47 Å². The number of para-hydroxylation sites is 3. The summed E-state index contributed by atoms with van der Waals surface area (Å²) < 4.78 is 11.6. The number of nitrogens with one attached hydrogen (secondary N) is 1. The minimum absolute atomic E-state index is 0.265. The number of nitrogens with zero attached hydrogens (tertiary/aromatic N) is 2. The van der Waals surface area contributed by atoms with E-state index in [1.807, 2.05) is 54.6 Å². The van der Waals surface area contributed by atoms with Gasteiger partial charge < -0.3 is 14.8 Å². The molecule has 0 radical (unpaired) electrons. The summed E-state index contributed by atoms with van der Waals surface area (Å²) in [4.78, 5) is 43.1. The average molecular weight is 469 g/mol. The van der Waals surface area contributed by atoms with Crippen molar-refractivity contribution < 1.29 is 23.9 Å². The number of fused-ring (bicyclic) bond motifs is 3. The zero-order valence-corrected chi connectivity index (χ0v) is 18.8. The van der Waals surface area contributed by atoms with Crippen molar-refractivity contribution in [2.75, 3.05) is 24.7 Å². The fraction of sp³-hybridized carbons (Fsp3) is 0.222. The van der Waals surface area contributed by atoms with Gasteiger partial charge in [0.2, 0.25) is 5.91 Å². The molecule has 1 saturated heterocycles. The Kier molecular flexibility index (Phi) is 4.95. The lowest BCUT2D eigenvalue weighted by Crippen LogP contribution is -2.49. The van der Waals surface area contributed by atoms with E-state index in [9.17, 15) is 14.4 Å². The number of hydrogen-bond donors (Lipinski definition) is 1. The monoisotopic (exact) mass is 469 g/mol. The van der Waals surface area contributed by atoms with Crippen LogP contribution in [0.5, 0.6) is 11.5 Å². The minimum Gasteiger partial charge on any atom is -0.493 e. The van der Waals surface area contributed by atoms with Crippen LogP contribution >= 0.6 is 0 Å². The molecule has 0 bridgehead atoms. The molecule has 0 saturated carbocycles. The molecule has 1 spiro atoms. The minimum atomic E-state index is -1.23. The van der Waals surface area contributed by atoms with Gasteiger partial charge in [0.05, 0.1) is 18.3 Å². The molecule has 2 unspecified atom stereocenters. The quantitative estimate of drug-likeness (QED) is 0.594. The molecule has 6 rings (SSSR count). The van der Waals surface area contributed by atoms with Gasteiger partial charge in [0.15, 0.2) is 5.54 Å². The third kappa shape index (κ3) is 3.32. The number of amides is 4. The van der Waals surface area contributed by atoms with Crippen LogP contribution in [0.2, 0.25) is 0 Å². The predicted octanol–water partition coefficient (Wildman–Crippen LogP) is 3.38. The third-order valence-corrected chi connectivity index (χ3v) is 6.84. The average Bonchev–Trinajstić information content (AvgIpc) is 3.13. The van der Waals surface area contributed by atoms with E-state index in [1.165, 1.54) is 0 Å². The van der Waals surface area contributed by atoms with E-state index in [-0.39, 0.29) is 25.7 Å². The molecule has 176 valence electrons. The summed E-state index contributed by atoms with van der Waals surface area (Å²) in [5.41, 5.74) is 0.894. The van der Waals surface area contributed by atoms with E-state index in [2.05, 4.69) is 5.32 Å². The first-order chi connectivity index (χ1) is 17.1. The van der Waals surface area contributed by atoms with Gasteiger partial charge in [0.1, 0.15) is 24.7 Å². The van der Waals surface area contributed by atoms with Crippen molar-refractivity contribution in [2.24, 2.45) is 0 Å². The van der Waals surface area contributed by atoms with Crippen LogP contribution in [0.15, 0.2) is 78.9 Å². The van der Waals surface area contributed by atoms with Gasteiger partial charge in [-0.25, -0.2) is 4.79 Å². The zero-order chi connectivity index (χ0) is 24.0. The first-order valence-electron chi connectivity index (χ1n) is 11.5. The summed E-state index contributed by atoms with van der Waals surface area (Å²) in [5, 5.41) is 2.86. The molecular weight excluding hydrogens is 446 g/mol. The Bertz CT molecular complexity index is 1330. The fourth-order valence-corrected chi connectivity index (χ4v) is 5.14. The number of imide groups is 1. The summed E-state index contributed by atoms with van der Waals surface area (Å²) in [5.74, 6) is 0.340. The van der Waals surface area contributed by atoms with Gasteiger partial charge in [-0.2, -0.15) is 0 Å². The van der Waals surface area contributed by atoms with E-state index in [0.29, 0.717) is 29.2 Å². The summed E-state index contributed by atoms with van der Waals surface area (Å²) in [6.07, 6.45) is 0.298. The summed E-state index contributed by atoms with van der Waals surface area (Å²) in [6.45, 7) is 0.173. The number of carbonyl (C=O) groups excluding carboxylic acids is 3. The first kappa shape index (κ1) is 21.2. The Labute approximate surface area is 202 Å². The molecule has 0 aromatic heterocycles. The maximum absolute atomic E-state index is 13.8. The number of rotatable bonds is 3. The van der Waals surface area contributed by atoms with Gasteiger partial charge >= 0.3 is 6.03 Å². The van der Waals surface area contributed by atoms with Crippen molar-refractivity contribution in [3.05, 3.63) is 90.0 Å². The summed E-state index contributed by atoms with van der Waals surface area (Å²) >= 11 is 0. The van der Waals surface area contributed by atoms with Crippen molar-refractivity contribution in [1.82, 2.24) is 10.2 Å². The van der Waals surface area contributed by atoms with Crippen molar-refractivity contribution >= 4 is 23.5 Å². The molecule has 1 fully saturated rings. The van der Waals surface area contributed by atoms with Gasteiger partial charge in [0.25, 0.3) is 5.91 Å². The zero-order valence-electron chi connectivity index (χ0n) is 18.8. The molecule has 8 heteroatoms. The van der Waals surface area contributed by atoms with Crippen LogP contribution in [0.1, 0.15) is 23.6 Å². The van der Waals surface area contributed by atoms with Crippen molar-refractivity contribution in [1.29, 1.82) is 0 Å². The van der Waals surface area contributed by atoms with Crippen LogP contribution < -0.4 is 19.7 Å². The Balaban J connectivity index is 1.33. The van der Waals surface area contributed by atoms with E-state index < -0.39 is 23.5 Å². The fourth-order valence-electron chi connectivity index (χ4n) is 5.14. The van der Waals surface area contributed by atoms with Crippen molar-refractivity contribution in [3.63, 3.8) is 0 Å². The van der Waals surface area contributed by atoms with Crippen LogP contribution in [0, 0.1) is 0 Å². The van der Waals surface area contributed by atoms with E-state index in [0.717, 1.165) is 10.5 Å². The highest BCUT2D eigenvalue weighted by molar-refractivity contribution is 6.11. The van der Waals surface area contributed by atoms with Crippen LogP contribution in [0.4, 0.5) is 10.5 Å². The molecule has 4 amide bonds. The largest absolute Gasteiger partial charge is 0.493 e. The maximum Gasteiger partial charge on any atom is 0.325 e. The molecule has 0 aliphatic carbocycles. The normalized spacial score (nSPS) is 22.7. The molecule has 8 nitrogen and oxygen atoms in total. The Hall–Kier alpha value is -4.33. The Morgan fingerprint density at radius 2 is 1.63 bits per heavy atom. The molecule has 3 aromatic carbocycles. The summed E-state index contributed by atoms with van der Waals surface area (Å²) in [6, 6.07) is 23.1. The third-order valence-electron chi connectivity index (χ3n) is 6.84. The molecule has 1 N–H and O–H groups in total. The number of ether oxygens (including phenoxy) is 2. The Morgan fingerprint density at radius 1 is 0.914 bits per heavy atom. The first-order valence-corrected chi connectivity index (χ1v) is 11.5. The highest BCUT2D eigenvalue weighted by Gasteiger charge is 2.55.